The van der Waals surface area contributed by atoms with Crippen LogP contribution >= 0.6 is 15.9 Å². The SMILES string of the molecule is COCOc1cccc([N+](=O)[O-])c1Br. The van der Waals surface area contributed by atoms with E-state index in [9.17, 15) is 10.1 Å². The molecule has 0 radical (unpaired) electrons. The third-order valence-electron chi connectivity index (χ3n) is 1.47. The summed E-state index contributed by atoms with van der Waals surface area (Å²) in [5.41, 5.74) is -0.0291. The van der Waals surface area contributed by atoms with Crippen LogP contribution in [0.2, 0.25) is 0 Å². The van der Waals surface area contributed by atoms with Gasteiger partial charge in [-0.1, -0.05) is 6.07 Å². The van der Waals surface area contributed by atoms with E-state index < -0.39 is 4.92 Å². The minimum atomic E-state index is -0.482. The molecule has 14 heavy (non-hydrogen) atoms. The van der Waals surface area contributed by atoms with Crippen molar-refractivity contribution in [3.63, 3.8) is 0 Å². The molecule has 76 valence electrons. The molecule has 0 atom stereocenters. The van der Waals surface area contributed by atoms with E-state index in [-0.39, 0.29) is 12.5 Å². The minimum absolute atomic E-state index is 0.0291. The summed E-state index contributed by atoms with van der Waals surface area (Å²) in [6.07, 6.45) is 0. The number of methoxy groups -OCH3 is 1. The van der Waals surface area contributed by atoms with Gasteiger partial charge in [-0.15, -0.1) is 0 Å². The molecule has 1 aromatic carbocycles. The molecule has 0 spiro atoms. The van der Waals surface area contributed by atoms with Gasteiger partial charge in [0.2, 0.25) is 0 Å². The molecule has 0 unspecified atom stereocenters. The first-order chi connectivity index (χ1) is 6.66. The van der Waals surface area contributed by atoms with Crippen molar-refractivity contribution in [2.75, 3.05) is 13.9 Å². The molecule has 0 amide bonds. The van der Waals surface area contributed by atoms with Crippen LogP contribution in [0.15, 0.2) is 22.7 Å². The van der Waals surface area contributed by atoms with Gasteiger partial charge in [0, 0.05) is 13.2 Å². The van der Waals surface area contributed by atoms with Crippen molar-refractivity contribution in [3.8, 4) is 5.75 Å². The second kappa shape index (κ2) is 4.92. The second-order valence-electron chi connectivity index (χ2n) is 2.40. The number of nitrogens with zero attached hydrogens (tertiary/aromatic N) is 1. The number of rotatable bonds is 4. The van der Waals surface area contributed by atoms with Crippen molar-refractivity contribution in [1.82, 2.24) is 0 Å². The molecule has 0 saturated carbocycles. The number of nitro benzene ring substituents is 1. The molecule has 0 aliphatic carbocycles. The fraction of sp³-hybridized carbons (Fsp3) is 0.250. The highest BCUT2D eigenvalue weighted by Crippen LogP contribution is 2.33. The standard InChI is InChI=1S/C8H8BrNO4/c1-13-5-14-7-4-2-3-6(8(7)9)10(11)12/h2-4H,5H2,1H3. The molecule has 1 rings (SSSR count). The van der Waals surface area contributed by atoms with Gasteiger partial charge < -0.3 is 9.47 Å². The van der Waals surface area contributed by atoms with Crippen LogP contribution in [0.4, 0.5) is 5.69 Å². The van der Waals surface area contributed by atoms with E-state index in [1.165, 1.54) is 13.2 Å². The zero-order valence-corrected chi connectivity index (χ0v) is 8.98. The molecule has 0 fully saturated rings. The van der Waals surface area contributed by atoms with Gasteiger partial charge in [0.1, 0.15) is 10.2 Å². The van der Waals surface area contributed by atoms with Crippen LogP contribution in [0.25, 0.3) is 0 Å². The van der Waals surface area contributed by atoms with Gasteiger partial charge in [-0.05, 0) is 22.0 Å². The van der Waals surface area contributed by atoms with Crippen molar-refractivity contribution in [1.29, 1.82) is 0 Å². The Morgan fingerprint density at radius 3 is 2.86 bits per heavy atom. The highest BCUT2D eigenvalue weighted by Gasteiger charge is 2.15. The number of nitro groups is 1. The monoisotopic (exact) mass is 261 g/mol. The van der Waals surface area contributed by atoms with E-state index in [0.717, 1.165) is 0 Å². The zero-order chi connectivity index (χ0) is 10.6. The lowest BCUT2D eigenvalue weighted by molar-refractivity contribution is -0.385. The molecule has 0 aliphatic heterocycles. The number of hydrogen-bond acceptors (Lipinski definition) is 4. The van der Waals surface area contributed by atoms with E-state index in [2.05, 4.69) is 20.7 Å². The lowest BCUT2D eigenvalue weighted by atomic mass is 10.3. The number of halogens is 1. The maximum atomic E-state index is 10.5. The molecule has 0 N–H and O–H groups in total. The number of benzene rings is 1. The van der Waals surface area contributed by atoms with Crippen molar-refractivity contribution in [2.24, 2.45) is 0 Å². The van der Waals surface area contributed by atoms with Gasteiger partial charge in [0.05, 0.1) is 4.92 Å². The van der Waals surface area contributed by atoms with Gasteiger partial charge in [-0.3, -0.25) is 10.1 Å². The van der Waals surface area contributed by atoms with Crippen LogP contribution < -0.4 is 4.74 Å². The molecule has 0 saturated heterocycles. The fourth-order valence-corrected chi connectivity index (χ4v) is 1.40. The van der Waals surface area contributed by atoms with Crippen molar-refractivity contribution in [3.05, 3.63) is 32.8 Å². The van der Waals surface area contributed by atoms with E-state index in [1.807, 2.05) is 0 Å². The van der Waals surface area contributed by atoms with Crippen LogP contribution in [-0.4, -0.2) is 18.8 Å². The summed E-state index contributed by atoms with van der Waals surface area (Å²) in [6, 6.07) is 4.56. The summed E-state index contributed by atoms with van der Waals surface area (Å²) in [5.74, 6) is 0.390. The van der Waals surface area contributed by atoms with Crippen molar-refractivity contribution >= 4 is 21.6 Å². The number of ether oxygens (including phenoxy) is 2. The molecule has 0 heterocycles. The van der Waals surface area contributed by atoms with Crippen molar-refractivity contribution in [2.45, 2.75) is 0 Å². The molecule has 1 aromatic rings. The van der Waals surface area contributed by atoms with E-state index in [4.69, 9.17) is 4.74 Å². The van der Waals surface area contributed by atoms with E-state index >= 15 is 0 Å². The van der Waals surface area contributed by atoms with Gasteiger partial charge in [-0.2, -0.15) is 0 Å². The Labute approximate surface area is 88.9 Å². The summed E-state index contributed by atoms with van der Waals surface area (Å²) in [6.45, 7) is 0.0553. The summed E-state index contributed by atoms with van der Waals surface area (Å²) >= 11 is 3.09. The highest BCUT2D eigenvalue weighted by molar-refractivity contribution is 9.10. The molecular formula is C8H8BrNO4. The highest BCUT2D eigenvalue weighted by atomic mass is 79.9. The Hall–Kier alpha value is -1.14. The molecule has 0 aromatic heterocycles. The van der Waals surface area contributed by atoms with Gasteiger partial charge >= 0.3 is 0 Å². The Balaban J connectivity index is 2.95. The minimum Gasteiger partial charge on any atom is -0.466 e. The van der Waals surface area contributed by atoms with E-state index in [0.29, 0.717) is 10.2 Å². The summed E-state index contributed by atoms with van der Waals surface area (Å²) in [4.78, 5) is 10.1. The smallest absolute Gasteiger partial charge is 0.287 e. The Kier molecular flexibility index (Phi) is 3.84. The van der Waals surface area contributed by atoms with Gasteiger partial charge in [0.15, 0.2) is 6.79 Å². The molecule has 5 nitrogen and oxygen atoms in total. The average Bonchev–Trinajstić information content (AvgIpc) is 2.16. The lowest BCUT2D eigenvalue weighted by Gasteiger charge is -2.06. The lowest BCUT2D eigenvalue weighted by Crippen LogP contribution is -2.00. The Morgan fingerprint density at radius 2 is 2.29 bits per heavy atom. The van der Waals surface area contributed by atoms with Crippen LogP contribution in [0.5, 0.6) is 5.75 Å². The average molecular weight is 262 g/mol. The van der Waals surface area contributed by atoms with Crippen LogP contribution in [0, 0.1) is 10.1 Å². The quantitative estimate of drug-likeness (QED) is 0.474. The normalized spacial score (nSPS) is 9.86. The topological polar surface area (TPSA) is 61.6 Å². The first-order valence-electron chi connectivity index (χ1n) is 3.71. The predicted molar refractivity (Wildman–Crippen MR) is 53.3 cm³/mol. The predicted octanol–water partition coefficient (Wildman–Crippen LogP) is 2.34. The van der Waals surface area contributed by atoms with Gasteiger partial charge in [0.25, 0.3) is 5.69 Å². The molecule has 6 heteroatoms. The summed E-state index contributed by atoms with van der Waals surface area (Å²) in [7, 11) is 1.48. The molecule has 0 bridgehead atoms. The van der Waals surface area contributed by atoms with Crippen LogP contribution in [0.1, 0.15) is 0 Å². The third kappa shape index (κ3) is 2.43. The third-order valence-corrected chi connectivity index (χ3v) is 2.27. The maximum Gasteiger partial charge on any atom is 0.287 e. The Morgan fingerprint density at radius 1 is 1.57 bits per heavy atom. The number of hydrogen-bond donors (Lipinski definition) is 0. The largest absolute Gasteiger partial charge is 0.466 e. The van der Waals surface area contributed by atoms with Crippen molar-refractivity contribution < 1.29 is 14.4 Å². The molecule has 0 aliphatic rings. The van der Waals surface area contributed by atoms with Gasteiger partial charge in [-0.25, -0.2) is 0 Å². The van der Waals surface area contributed by atoms with Crippen LogP contribution in [0.3, 0.4) is 0 Å². The Bertz CT molecular complexity index is 342. The second-order valence-corrected chi connectivity index (χ2v) is 3.19. The summed E-state index contributed by atoms with van der Waals surface area (Å²) in [5, 5.41) is 10.5. The first-order valence-corrected chi connectivity index (χ1v) is 4.50. The van der Waals surface area contributed by atoms with E-state index in [1.54, 1.807) is 12.1 Å². The summed E-state index contributed by atoms with van der Waals surface area (Å²) < 4.78 is 10.1. The maximum absolute atomic E-state index is 10.5. The molecular weight excluding hydrogens is 254 g/mol. The zero-order valence-electron chi connectivity index (χ0n) is 7.40. The first kappa shape index (κ1) is 10.9. The van der Waals surface area contributed by atoms with Crippen LogP contribution in [-0.2, 0) is 4.74 Å². The fourth-order valence-electron chi connectivity index (χ4n) is 0.874.